The summed E-state index contributed by atoms with van der Waals surface area (Å²) in [5.74, 6) is -1.46. The Kier molecular flexibility index (Phi) is 6.67. The molecule has 0 fully saturated rings. The predicted octanol–water partition coefficient (Wildman–Crippen LogP) is 4.27. The first-order valence-corrected chi connectivity index (χ1v) is 8.25. The highest BCUT2D eigenvalue weighted by Gasteiger charge is 2.22. The molecule has 0 radical (unpaired) electrons. The van der Waals surface area contributed by atoms with Gasteiger partial charge in [0.05, 0.1) is 29.5 Å². The molecule has 0 unspecified atom stereocenters. The van der Waals surface area contributed by atoms with E-state index in [0.29, 0.717) is 27.9 Å². The van der Waals surface area contributed by atoms with Crippen molar-refractivity contribution >= 4 is 40.8 Å². The minimum atomic E-state index is -1.04. The van der Waals surface area contributed by atoms with E-state index in [9.17, 15) is 9.59 Å². The van der Waals surface area contributed by atoms with Gasteiger partial charge in [-0.2, -0.15) is 0 Å². The van der Waals surface area contributed by atoms with E-state index in [-0.39, 0.29) is 6.42 Å². The van der Waals surface area contributed by atoms with Gasteiger partial charge in [-0.3, -0.25) is 9.59 Å². The second kappa shape index (κ2) is 8.74. The third kappa shape index (κ3) is 5.66. The second-order valence-electron chi connectivity index (χ2n) is 5.47. The Morgan fingerprint density at radius 3 is 2.36 bits per heavy atom. The molecule has 0 spiro atoms. The lowest BCUT2D eigenvalue weighted by Gasteiger charge is -2.16. The molecule has 1 amide bonds. The van der Waals surface area contributed by atoms with Gasteiger partial charge in [0.2, 0.25) is 5.91 Å². The van der Waals surface area contributed by atoms with Crippen molar-refractivity contribution < 1.29 is 19.4 Å². The van der Waals surface area contributed by atoms with Gasteiger partial charge in [-0.15, -0.1) is 0 Å². The molecule has 0 saturated heterocycles. The van der Waals surface area contributed by atoms with E-state index < -0.39 is 17.8 Å². The van der Waals surface area contributed by atoms with Crippen molar-refractivity contribution in [2.75, 3.05) is 12.4 Å². The molecule has 0 heterocycles. The van der Waals surface area contributed by atoms with Crippen molar-refractivity contribution in [1.29, 1.82) is 0 Å². The predicted molar refractivity (Wildman–Crippen MR) is 97.5 cm³/mol. The lowest BCUT2D eigenvalue weighted by molar-refractivity contribution is -0.140. The van der Waals surface area contributed by atoms with Crippen molar-refractivity contribution in [1.82, 2.24) is 0 Å². The van der Waals surface area contributed by atoms with Crippen molar-refractivity contribution in [3.8, 4) is 5.75 Å². The molecule has 0 aliphatic rings. The van der Waals surface area contributed by atoms with E-state index in [1.54, 1.807) is 43.5 Å². The number of ether oxygens (including phenoxy) is 1. The molecule has 1 atom stereocenters. The highest BCUT2D eigenvalue weighted by atomic mass is 35.5. The number of carbonyl (C=O) groups is 2. The zero-order valence-electron chi connectivity index (χ0n) is 13.5. The third-order valence-corrected chi connectivity index (χ3v) is 4.36. The van der Waals surface area contributed by atoms with E-state index >= 15 is 0 Å². The topological polar surface area (TPSA) is 75.6 Å². The zero-order chi connectivity index (χ0) is 18.4. The fourth-order valence-electron chi connectivity index (χ4n) is 2.33. The molecular formula is C18H17Cl2NO4. The van der Waals surface area contributed by atoms with E-state index in [4.69, 9.17) is 33.0 Å². The van der Waals surface area contributed by atoms with Crippen LogP contribution in [0.1, 0.15) is 12.0 Å². The van der Waals surface area contributed by atoms with Crippen molar-refractivity contribution in [3.05, 3.63) is 58.1 Å². The molecule has 5 nitrogen and oxygen atoms in total. The first kappa shape index (κ1) is 19.1. The van der Waals surface area contributed by atoms with E-state index in [1.807, 2.05) is 0 Å². The number of aliphatic carboxylic acids is 1. The number of methoxy groups -OCH3 is 1. The summed E-state index contributed by atoms with van der Waals surface area (Å²) in [5.41, 5.74) is 1.31. The van der Waals surface area contributed by atoms with Gasteiger partial charge in [0.15, 0.2) is 0 Å². The van der Waals surface area contributed by atoms with E-state index in [1.165, 1.54) is 6.07 Å². The van der Waals surface area contributed by atoms with Gasteiger partial charge in [0.1, 0.15) is 5.75 Å². The Morgan fingerprint density at radius 1 is 1.12 bits per heavy atom. The molecule has 2 aromatic rings. The Labute approximate surface area is 155 Å². The SMILES string of the molecule is COc1ccc(C[C@H](CC(=O)O)C(=O)Nc2ccc(Cl)c(Cl)c2)cc1. The number of carboxylic acids is 1. The second-order valence-corrected chi connectivity index (χ2v) is 6.28. The molecule has 0 bridgehead atoms. The van der Waals surface area contributed by atoms with E-state index in [0.717, 1.165) is 5.56 Å². The fourth-order valence-corrected chi connectivity index (χ4v) is 2.63. The molecule has 7 heteroatoms. The Balaban J connectivity index is 2.12. The monoisotopic (exact) mass is 381 g/mol. The number of benzene rings is 2. The Morgan fingerprint density at radius 2 is 1.80 bits per heavy atom. The molecule has 2 rings (SSSR count). The van der Waals surface area contributed by atoms with Crippen LogP contribution in [0.2, 0.25) is 10.0 Å². The van der Waals surface area contributed by atoms with Crippen molar-refractivity contribution in [2.24, 2.45) is 5.92 Å². The van der Waals surface area contributed by atoms with Gasteiger partial charge < -0.3 is 15.2 Å². The number of carbonyl (C=O) groups excluding carboxylic acids is 1. The van der Waals surface area contributed by atoms with Gasteiger partial charge in [-0.25, -0.2) is 0 Å². The molecule has 2 N–H and O–H groups in total. The summed E-state index contributed by atoms with van der Waals surface area (Å²) in [6.07, 6.45) is 0.0165. The molecule has 0 aliphatic carbocycles. The van der Waals surface area contributed by atoms with Crippen LogP contribution in [0.5, 0.6) is 5.75 Å². The standard InChI is InChI=1S/C18H17Cl2NO4/c1-25-14-5-2-11(3-6-14)8-12(9-17(22)23)18(24)21-13-4-7-15(19)16(20)10-13/h2-7,10,12H,8-9H2,1H3,(H,21,24)(H,22,23)/t12-/m1/s1. The van der Waals surface area contributed by atoms with Crippen LogP contribution in [0.3, 0.4) is 0 Å². The molecule has 25 heavy (non-hydrogen) atoms. The maximum Gasteiger partial charge on any atom is 0.304 e. The molecule has 0 aliphatic heterocycles. The third-order valence-electron chi connectivity index (χ3n) is 3.62. The Bertz CT molecular complexity index is 762. The maximum absolute atomic E-state index is 12.5. The number of hydrogen-bond acceptors (Lipinski definition) is 3. The lowest BCUT2D eigenvalue weighted by Crippen LogP contribution is -2.27. The number of carboxylic acid groups (broad SMARTS) is 1. The number of anilines is 1. The van der Waals surface area contributed by atoms with Gasteiger partial charge in [0, 0.05) is 5.69 Å². The minimum Gasteiger partial charge on any atom is -0.497 e. The van der Waals surface area contributed by atoms with Gasteiger partial charge in [0.25, 0.3) is 0 Å². The lowest BCUT2D eigenvalue weighted by atomic mass is 9.95. The van der Waals surface area contributed by atoms with Gasteiger partial charge in [-0.1, -0.05) is 35.3 Å². The average molecular weight is 382 g/mol. The average Bonchev–Trinajstić information content (AvgIpc) is 2.58. The first-order valence-electron chi connectivity index (χ1n) is 7.49. The van der Waals surface area contributed by atoms with Crippen LogP contribution in [0.25, 0.3) is 0 Å². The molecule has 132 valence electrons. The van der Waals surface area contributed by atoms with Crippen molar-refractivity contribution in [3.63, 3.8) is 0 Å². The number of rotatable bonds is 7. The number of halogens is 2. The minimum absolute atomic E-state index is 0.279. The molecule has 2 aromatic carbocycles. The van der Waals surface area contributed by atoms with Gasteiger partial charge >= 0.3 is 5.97 Å². The van der Waals surface area contributed by atoms with Crippen LogP contribution >= 0.6 is 23.2 Å². The zero-order valence-corrected chi connectivity index (χ0v) is 15.0. The van der Waals surface area contributed by atoms with Crippen molar-refractivity contribution in [2.45, 2.75) is 12.8 Å². The van der Waals surface area contributed by atoms with E-state index in [2.05, 4.69) is 5.32 Å². The summed E-state index contributed by atoms with van der Waals surface area (Å²) in [5, 5.41) is 12.5. The van der Waals surface area contributed by atoms with Crippen LogP contribution in [0.15, 0.2) is 42.5 Å². The molecule has 0 aromatic heterocycles. The summed E-state index contributed by atoms with van der Waals surface area (Å²) in [6.45, 7) is 0. The summed E-state index contributed by atoms with van der Waals surface area (Å²) in [7, 11) is 1.56. The fraction of sp³-hybridized carbons (Fsp3) is 0.222. The number of amides is 1. The van der Waals surface area contributed by atoms with Crippen LogP contribution in [-0.2, 0) is 16.0 Å². The van der Waals surface area contributed by atoms with Gasteiger partial charge in [-0.05, 0) is 42.3 Å². The summed E-state index contributed by atoms with van der Waals surface area (Å²) in [6, 6.07) is 11.8. The quantitative estimate of drug-likeness (QED) is 0.750. The summed E-state index contributed by atoms with van der Waals surface area (Å²) < 4.78 is 5.09. The maximum atomic E-state index is 12.5. The van der Waals surface area contributed by atoms with Crippen LogP contribution in [-0.4, -0.2) is 24.1 Å². The molecular weight excluding hydrogens is 365 g/mol. The highest BCUT2D eigenvalue weighted by molar-refractivity contribution is 6.42. The van der Waals surface area contributed by atoms with Crippen LogP contribution < -0.4 is 10.1 Å². The number of nitrogens with one attached hydrogen (secondary N) is 1. The normalized spacial score (nSPS) is 11.6. The Hall–Kier alpha value is -2.24. The first-order chi connectivity index (χ1) is 11.9. The number of hydrogen-bond donors (Lipinski definition) is 2. The molecule has 0 saturated carbocycles. The summed E-state index contributed by atoms with van der Waals surface area (Å²) >= 11 is 11.8. The smallest absolute Gasteiger partial charge is 0.304 e. The largest absolute Gasteiger partial charge is 0.497 e. The highest BCUT2D eigenvalue weighted by Crippen LogP contribution is 2.26. The summed E-state index contributed by atoms with van der Waals surface area (Å²) in [4.78, 5) is 23.6. The van der Waals surface area contributed by atoms with Crippen LogP contribution in [0, 0.1) is 5.92 Å². The van der Waals surface area contributed by atoms with Crippen LogP contribution in [0.4, 0.5) is 5.69 Å².